The molecule has 0 bridgehead atoms. The fourth-order valence-electron chi connectivity index (χ4n) is 1.61. The topological polar surface area (TPSA) is 38.3 Å². The smallest absolute Gasteiger partial charge is 0.320 e. The molecule has 1 fully saturated rings. The van der Waals surface area contributed by atoms with Crippen molar-refractivity contribution in [3.8, 4) is 0 Å². The number of carbonyl (C=O) groups excluding carboxylic acids is 1. The minimum absolute atomic E-state index is 0.210. The second-order valence-corrected chi connectivity index (χ2v) is 4.98. The molecule has 0 saturated heterocycles. The maximum Gasteiger partial charge on any atom is 0.320 e. The number of carbonyl (C=O) groups is 1. The molecule has 0 heterocycles. The van der Waals surface area contributed by atoms with Crippen LogP contribution in [0, 0.1) is 5.92 Å². The lowest BCUT2D eigenvalue weighted by Gasteiger charge is -2.32. The van der Waals surface area contributed by atoms with Crippen molar-refractivity contribution in [2.75, 3.05) is 13.7 Å². The molecule has 1 rings (SSSR count). The van der Waals surface area contributed by atoms with E-state index >= 15 is 0 Å². The van der Waals surface area contributed by atoms with Crippen LogP contribution >= 0.6 is 15.9 Å². The van der Waals surface area contributed by atoms with E-state index in [4.69, 9.17) is 0 Å². The van der Waals surface area contributed by atoms with Crippen molar-refractivity contribution in [2.45, 2.75) is 37.1 Å². The highest BCUT2D eigenvalue weighted by molar-refractivity contribution is 9.10. The molecule has 0 aromatic carbocycles. The Hall–Kier alpha value is -0.0900. The normalized spacial score (nSPS) is 21.1. The zero-order chi connectivity index (χ0) is 10.6. The number of methoxy groups -OCH3 is 1. The molecule has 3 nitrogen and oxygen atoms in total. The second kappa shape index (κ2) is 5.71. The van der Waals surface area contributed by atoms with E-state index < -0.39 is 0 Å². The Kier molecular flexibility index (Phi) is 4.89. The quantitative estimate of drug-likeness (QED) is 0.606. The molecule has 0 radical (unpaired) electrons. The largest absolute Gasteiger partial charge is 0.468 e. The monoisotopic (exact) mass is 263 g/mol. The molecule has 14 heavy (non-hydrogen) atoms. The Morgan fingerprint density at radius 1 is 1.64 bits per heavy atom. The van der Waals surface area contributed by atoms with Gasteiger partial charge in [0.05, 0.1) is 7.11 Å². The van der Waals surface area contributed by atoms with Gasteiger partial charge in [0.1, 0.15) is 4.83 Å². The van der Waals surface area contributed by atoms with Crippen LogP contribution in [0.15, 0.2) is 0 Å². The Morgan fingerprint density at radius 2 is 2.29 bits per heavy atom. The molecule has 0 aromatic rings. The molecule has 1 aliphatic carbocycles. The number of nitrogens with one attached hydrogen (secondary N) is 1. The van der Waals surface area contributed by atoms with Gasteiger partial charge in [0.2, 0.25) is 0 Å². The van der Waals surface area contributed by atoms with E-state index in [1.165, 1.54) is 26.4 Å². The average molecular weight is 264 g/mol. The van der Waals surface area contributed by atoms with Gasteiger partial charge in [-0.15, -0.1) is 0 Å². The van der Waals surface area contributed by atoms with E-state index in [-0.39, 0.29) is 10.8 Å². The Morgan fingerprint density at radius 3 is 2.71 bits per heavy atom. The third-order valence-electron chi connectivity index (χ3n) is 2.93. The minimum atomic E-state index is -0.227. The average Bonchev–Trinajstić information content (AvgIpc) is 2.10. The predicted molar refractivity (Wildman–Crippen MR) is 59.5 cm³/mol. The van der Waals surface area contributed by atoms with Crippen LogP contribution in [0.4, 0.5) is 0 Å². The summed E-state index contributed by atoms with van der Waals surface area (Å²) in [4.78, 5) is 10.8. The van der Waals surface area contributed by atoms with Gasteiger partial charge in [0.25, 0.3) is 0 Å². The van der Waals surface area contributed by atoms with Gasteiger partial charge in [-0.1, -0.05) is 22.4 Å². The second-order valence-electron chi connectivity index (χ2n) is 3.88. The van der Waals surface area contributed by atoms with Crippen LogP contribution in [-0.4, -0.2) is 30.5 Å². The van der Waals surface area contributed by atoms with Gasteiger partial charge in [-0.2, -0.15) is 0 Å². The van der Waals surface area contributed by atoms with Crippen LogP contribution in [0.5, 0.6) is 0 Å². The molecule has 0 aromatic heterocycles. The van der Waals surface area contributed by atoms with Gasteiger partial charge in [-0.3, -0.25) is 4.79 Å². The van der Waals surface area contributed by atoms with Crippen LogP contribution in [0.2, 0.25) is 0 Å². The standard InChI is InChI=1S/C10H18BrNO2/c1-7(8-4-3-5-8)12-6-9(11)10(13)14-2/h7-9,12H,3-6H2,1-2H3. The van der Waals surface area contributed by atoms with Crippen molar-refractivity contribution in [3.05, 3.63) is 0 Å². The minimum Gasteiger partial charge on any atom is -0.468 e. The van der Waals surface area contributed by atoms with E-state index in [2.05, 4.69) is 32.9 Å². The van der Waals surface area contributed by atoms with Crippen LogP contribution in [0.1, 0.15) is 26.2 Å². The van der Waals surface area contributed by atoms with E-state index in [1.807, 2.05) is 0 Å². The maximum atomic E-state index is 11.1. The SMILES string of the molecule is COC(=O)C(Br)CNC(C)C1CCC1. The molecule has 4 heteroatoms. The highest BCUT2D eigenvalue weighted by atomic mass is 79.9. The molecular formula is C10H18BrNO2. The molecule has 1 aliphatic rings. The first kappa shape index (κ1) is 12.0. The summed E-state index contributed by atoms with van der Waals surface area (Å²) in [6.07, 6.45) is 3.99. The van der Waals surface area contributed by atoms with E-state index in [1.54, 1.807) is 0 Å². The summed E-state index contributed by atoms with van der Waals surface area (Å²) in [6, 6.07) is 0.508. The fraction of sp³-hybridized carbons (Fsp3) is 0.900. The van der Waals surface area contributed by atoms with Gasteiger partial charge >= 0.3 is 5.97 Å². The lowest BCUT2D eigenvalue weighted by atomic mass is 9.80. The van der Waals surface area contributed by atoms with Gasteiger partial charge in [0.15, 0.2) is 0 Å². The first-order valence-corrected chi connectivity index (χ1v) is 6.02. The number of hydrogen-bond acceptors (Lipinski definition) is 3. The highest BCUT2D eigenvalue weighted by Crippen LogP contribution is 2.29. The number of rotatable bonds is 5. The molecular weight excluding hydrogens is 246 g/mol. The molecule has 1 N–H and O–H groups in total. The Balaban J connectivity index is 2.15. The molecule has 0 spiro atoms. The number of alkyl halides is 1. The first-order valence-electron chi connectivity index (χ1n) is 5.10. The number of hydrogen-bond donors (Lipinski definition) is 1. The summed E-state index contributed by atoms with van der Waals surface area (Å²) >= 11 is 3.28. The van der Waals surface area contributed by atoms with Crippen LogP contribution in [0.25, 0.3) is 0 Å². The fourth-order valence-corrected chi connectivity index (χ4v) is 1.98. The molecule has 0 aliphatic heterocycles. The van der Waals surface area contributed by atoms with E-state index in [0.717, 1.165) is 5.92 Å². The first-order chi connectivity index (χ1) is 6.65. The summed E-state index contributed by atoms with van der Waals surface area (Å²) in [6.45, 7) is 2.82. The Labute approximate surface area is 93.7 Å². The zero-order valence-electron chi connectivity index (χ0n) is 8.75. The zero-order valence-corrected chi connectivity index (χ0v) is 10.3. The van der Waals surface area contributed by atoms with Crippen molar-refractivity contribution in [1.82, 2.24) is 5.32 Å². The molecule has 1 saturated carbocycles. The summed E-state index contributed by atoms with van der Waals surface area (Å²) in [5.41, 5.74) is 0. The number of ether oxygens (including phenoxy) is 1. The van der Waals surface area contributed by atoms with Crippen molar-refractivity contribution in [1.29, 1.82) is 0 Å². The summed E-state index contributed by atoms with van der Waals surface area (Å²) in [5, 5.41) is 3.35. The van der Waals surface area contributed by atoms with Crippen molar-refractivity contribution < 1.29 is 9.53 Å². The van der Waals surface area contributed by atoms with Crippen LogP contribution < -0.4 is 5.32 Å². The molecule has 0 amide bonds. The third-order valence-corrected chi connectivity index (χ3v) is 3.63. The lowest BCUT2D eigenvalue weighted by Crippen LogP contribution is -2.41. The number of esters is 1. The van der Waals surface area contributed by atoms with Gasteiger partial charge in [-0.25, -0.2) is 0 Å². The van der Waals surface area contributed by atoms with Crippen LogP contribution in [-0.2, 0) is 9.53 Å². The highest BCUT2D eigenvalue weighted by Gasteiger charge is 2.24. The van der Waals surface area contributed by atoms with Crippen molar-refractivity contribution >= 4 is 21.9 Å². The van der Waals surface area contributed by atoms with Gasteiger partial charge < -0.3 is 10.1 Å². The van der Waals surface area contributed by atoms with E-state index in [9.17, 15) is 4.79 Å². The molecule has 2 atom stereocenters. The third kappa shape index (κ3) is 3.24. The van der Waals surface area contributed by atoms with E-state index in [0.29, 0.717) is 12.6 Å². The van der Waals surface area contributed by atoms with Gasteiger partial charge in [-0.05, 0) is 25.7 Å². The maximum absolute atomic E-state index is 11.1. The lowest BCUT2D eigenvalue weighted by molar-refractivity contribution is -0.139. The van der Waals surface area contributed by atoms with Gasteiger partial charge in [0, 0.05) is 12.6 Å². The van der Waals surface area contributed by atoms with Crippen LogP contribution in [0.3, 0.4) is 0 Å². The summed E-state index contributed by atoms with van der Waals surface area (Å²) in [5.74, 6) is 0.589. The molecule has 82 valence electrons. The predicted octanol–water partition coefficient (Wildman–Crippen LogP) is 1.70. The summed E-state index contributed by atoms with van der Waals surface area (Å²) in [7, 11) is 1.41. The molecule has 2 unspecified atom stereocenters. The number of halogens is 1. The van der Waals surface area contributed by atoms with Crippen molar-refractivity contribution in [3.63, 3.8) is 0 Å². The Bertz CT molecular complexity index is 195. The summed E-state index contributed by atoms with van der Waals surface area (Å²) < 4.78 is 4.62. The van der Waals surface area contributed by atoms with Crippen molar-refractivity contribution in [2.24, 2.45) is 5.92 Å².